The number of aromatic nitrogens is 3. The molecule has 0 aliphatic carbocycles. The third-order valence-corrected chi connectivity index (χ3v) is 5.95. The molecule has 0 saturated heterocycles. The number of H-pyrrole nitrogens is 1. The molecule has 2 aromatic carbocycles. The van der Waals surface area contributed by atoms with E-state index in [1.165, 1.54) is 6.26 Å². The Morgan fingerprint density at radius 2 is 1.76 bits per heavy atom. The quantitative estimate of drug-likeness (QED) is 0.327. The van der Waals surface area contributed by atoms with Crippen LogP contribution in [0, 0.1) is 0 Å². The van der Waals surface area contributed by atoms with Gasteiger partial charge in [-0.05, 0) is 55.8 Å². The van der Waals surface area contributed by atoms with Crippen molar-refractivity contribution in [3.63, 3.8) is 0 Å². The highest BCUT2D eigenvalue weighted by Crippen LogP contribution is 2.34. The lowest BCUT2D eigenvalue weighted by Gasteiger charge is -2.15. The number of carboxylic acid groups (broad SMARTS) is 1. The Balaban J connectivity index is 0.000000505. The monoisotopic (exact) mass is 551 g/mol. The minimum atomic E-state index is -5.08. The van der Waals surface area contributed by atoms with Crippen molar-refractivity contribution in [1.82, 2.24) is 15.0 Å². The number of pyridine rings is 1. The first-order valence-corrected chi connectivity index (χ1v) is 13.0. The highest BCUT2D eigenvalue weighted by Gasteiger charge is 2.38. The molecule has 0 radical (unpaired) electrons. The van der Waals surface area contributed by atoms with Gasteiger partial charge >= 0.3 is 12.1 Å². The molecule has 0 aliphatic rings. The number of halogens is 3. The maximum atomic E-state index is 11.6. The minimum Gasteiger partial charge on any atom is -0.490 e. The number of hydrogen-bond donors (Lipinski definition) is 2. The predicted molar refractivity (Wildman–Crippen MR) is 133 cm³/mol. The van der Waals surface area contributed by atoms with Crippen LogP contribution in [-0.4, -0.2) is 53.0 Å². The van der Waals surface area contributed by atoms with Gasteiger partial charge in [0.25, 0.3) is 0 Å². The molecule has 202 valence electrons. The van der Waals surface area contributed by atoms with E-state index < -0.39 is 22.0 Å². The van der Waals surface area contributed by atoms with Gasteiger partial charge in [0.05, 0.1) is 16.6 Å². The number of nitrogens with zero attached hydrogens (tertiary/aromatic N) is 2. The van der Waals surface area contributed by atoms with Crippen LogP contribution in [0.5, 0.6) is 11.5 Å². The molecular weight excluding hydrogens is 527 g/mol. The second-order valence-corrected chi connectivity index (χ2v) is 10.3. The van der Waals surface area contributed by atoms with Crippen LogP contribution in [0.2, 0.25) is 0 Å². The van der Waals surface area contributed by atoms with Crippen LogP contribution >= 0.6 is 0 Å². The SMILES string of the molecule is CC(C)Oc1cc(OCc2ccc(S(C)(=O)=O)cc2)ccc1-c1nc2cccnc2[nH]1.O=C(O)C(F)(F)F. The Hall–Kier alpha value is -4.13. The lowest BCUT2D eigenvalue weighted by molar-refractivity contribution is -0.192. The summed E-state index contributed by atoms with van der Waals surface area (Å²) in [6.07, 6.45) is -2.20. The number of carboxylic acids is 1. The van der Waals surface area contributed by atoms with E-state index in [0.717, 1.165) is 16.6 Å². The number of aliphatic carboxylic acids is 1. The largest absolute Gasteiger partial charge is 0.490 e. The number of sulfone groups is 1. The summed E-state index contributed by atoms with van der Waals surface area (Å²) in [4.78, 5) is 21.3. The molecule has 4 aromatic rings. The van der Waals surface area contributed by atoms with Crippen LogP contribution < -0.4 is 9.47 Å². The summed E-state index contributed by atoms with van der Waals surface area (Å²) >= 11 is 0. The summed E-state index contributed by atoms with van der Waals surface area (Å²) in [6.45, 7) is 4.22. The second-order valence-electron chi connectivity index (χ2n) is 8.29. The molecule has 0 atom stereocenters. The molecule has 38 heavy (non-hydrogen) atoms. The standard InChI is InChI=1S/C23H23N3O4S.C2HF3O2/c1-15(2)30-21-13-17(29-14-16-6-9-18(10-7-16)31(3,27)28)8-11-19(21)22-25-20-5-4-12-24-23(20)26-22;3-2(4,5)1(6)7/h4-13,15H,14H2,1-3H3,(H,24,25,26);(H,6,7). The Bertz CT molecular complexity index is 1480. The normalized spacial score (nSPS) is 11.7. The smallest absolute Gasteiger partial charge is 0.490 e. The molecule has 0 fully saturated rings. The topological polar surface area (TPSA) is 131 Å². The van der Waals surface area contributed by atoms with Gasteiger partial charge in [-0.3, -0.25) is 0 Å². The number of nitrogens with one attached hydrogen (secondary N) is 1. The lowest BCUT2D eigenvalue weighted by Crippen LogP contribution is -2.21. The summed E-state index contributed by atoms with van der Waals surface area (Å²) < 4.78 is 66.9. The van der Waals surface area contributed by atoms with Crippen molar-refractivity contribution >= 4 is 27.0 Å². The van der Waals surface area contributed by atoms with Crippen molar-refractivity contribution in [2.24, 2.45) is 0 Å². The summed E-state index contributed by atoms with van der Waals surface area (Å²) in [5, 5.41) is 7.12. The number of hydrogen-bond acceptors (Lipinski definition) is 7. The molecule has 4 rings (SSSR count). The van der Waals surface area contributed by atoms with E-state index in [1.807, 2.05) is 44.2 Å². The van der Waals surface area contributed by atoms with E-state index in [1.54, 1.807) is 30.5 Å². The third-order valence-electron chi connectivity index (χ3n) is 4.83. The van der Waals surface area contributed by atoms with E-state index in [4.69, 9.17) is 19.4 Å². The van der Waals surface area contributed by atoms with Crippen molar-refractivity contribution in [2.75, 3.05) is 6.26 Å². The van der Waals surface area contributed by atoms with E-state index in [-0.39, 0.29) is 11.0 Å². The summed E-state index contributed by atoms with van der Waals surface area (Å²) in [5.41, 5.74) is 3.18. The molecule has 13 heteroatoms. The average molecular weight is 552 g/mol. The number of aromatic amines is 1. The Morgan fingerprint density at radius 3 is 2.32 bits per heavy atom. The number of benzene rings is 2. The van der Waals surface area contributed by atoms with Crippen molar-refractivity contribution in [1.29, 1.82) is 0 Å². The summed E-state index contributed by atoms with van der Waals surface area (Å²) in [6, 6.07) is 16.0. The predicted octanol–water partition coefficient (Wildman–Crippen LogP) is 5.03. The van der Waals surface area contributed by atoms with Crippen molar-refractivity contribution in [3.05, 3.63) is 66.4 Å². The number of rotatable bonds is 7. The zero-order chi connectivity index (χ0) is 28.1. The molecule has 9 nitrogen and oxygen atoms in total. The fourth-order valence-corrected chi connectivity index (χ4v) is 3.74. The van der Waals surface area contributed by atoms with Gasteiger partial charge in [0.1, 0.15) is 29.4 Å². The maximum Gasteiger partial charge on any atom is 0.490 e. The average Bonchev–Trinajstić information content (AvgIpc) is 3.26. The van der Waals surface area contributed by atoms with E-state index in [2.05, 4.69) is 15.0 Å². The van der Waals surface area contributed by atoms with Crippen LogP contribution in [0.1, 0.15) is 19.4 Å². The van der Waals surface area contributed by atoms with Gasteiger partial charge in [0, 0.05) is 18.5 Å². The van der Waals surface area contributed by atoms with Crippen LogP contribution in [0.3, 0.4) is 0 Å². The minimum absolute atomic E-state index is 0.0277. The van der Waals surface area contributed by atoms with Gasteiger partial charge in [-0.2, -0.15) is 13.2 Å². The van der Waals surface area contributed by atoms with Crippen molar-refractivity contribution in [3.8, 4) is 22.9 Å². The van der Waals surface area contributed by atoms with Gasteiger partial charge in [-0.15, -0.1) is 0 Å². The van der Waals surface area contributed by atoms with Crippen LogP contribution in [-0.2, 0) is 21.2 Å². The highest BCUT2D eigenvalue weighted by atomic mass is 32.2. The summed E-state index contributed by atoms with van der Waals surface area (Å²) in [5.74, 6) is -0.792. The van der Waals surface area contributed by atoms with Gasteiger partial charge in [-0.1, -0.05) is 12.1 Å². The molecule has 0 unspecified atom stereocenters. The number of alkyl halides is 3. The van der Waals surface area contributed by atoms with Gasteiger partial charge in [0.2, 0.25) is 0 Å². The van der Waals surface area contributed by atoms with Crippen molar-refractivity contribution in [2.45, 2.75) is 37.6 Å². The van der Waals surface area contributed by atoms with Gasteiger partial charge in [0.15, 0.2) is 15.5 Å². The third kappa shape index (κ3) is 7.68. The van der Waals surface area contributed by atoms with Crippen LogP contribution in [0.15, 0.2) is 65.7 Å². The van der Waals surface area contributed by atoms with Crippen LogP contribution in [0.25, 0.3) is 22.6 Å². The first kappa shape index (κ1) is 28.4. The Kier molecular flexibility index (Phi) is 8.61. The number of fused-ring (bicyclic) bond motifs is 1. The lowest BCUT2D eigenvalue weighted by atomic mass is 10.1. The Labute approximate surface area is 216 Å². The molecule has 0 bridgehead atoms. The van der Waals surface area contributed by atoms with Gasteiger partial charge < -0.3 is 19.6 Å². The molecule has 0 aliphatic heterocycles. The number of carbonyl (C=O) groups is 1. The molecule has 0 amide bonds. The fourth-order valence-electron chi connectivity index (χ4n) is 3.11. The van der Waals surface area contributed by atoms with Crippen molar-refractivity contribution < 1.29 is 41.0 Å². The first-order valence-electron chi connectivity index (χ1n) is 11.1. The van der Waals surface area contributed by atoms with Gasteiger partial charge in [-0.25, -0.2) is 23.2 Å². The second kappa shape index (κ2) is 11.5. The molecule has 2 aromatic heterocycles. The Morgan fingerprint density at radius 1 is 1.11 bits per heavy atom. The molecular formula is C25H24F3N3O6S. The fraction of sp³-hybridized carbons (Fsp3) is 0.240. The number of ether oxygens (including phenoxy) is 2. The van der Waals surface area contributed by atoms with E-state index >= 15 is 0 Å². The van der Waals surface area contributed by atoms with Crippen LogP contribution in [0.4, 0.5) is 13.2 Å². The van der Waals surface area contributed by atoms with E-state index in [0.29, 0.717) is 29.6 Å². The zero-order valence-electron chi connectivity index (χ0n) is 20.5. The molecule has 0 saturated carbocycles. The van der Waals surface area contributed by atoms with E-state index in [9.17, 15) is 21.6 Å². The molecule has 2 heterocycles. The highest BCUT2D eigenvalue weighted by molar-refractivity contribution is 7.90. The molecule has 2 N–H and O–H groups in total. The summed E-state index contributed by atoms with van der Waals surface area (Å²) in [7, 11) is -3.22. The zero-order valence-corrected chi connectivity index (χ0v) is 21.3. The molecule has 0 spiro atoms. The maximum absolute atomic E-state index is 11.6. The number of imidazole rings is 1. The first-order chi connectivity index (χ1) is 17.7.